The lowest BCUT2D eigenvalue weighted by Gasteiger charge is -2.44. The Labute approximate surface area is 143 Å². The van der Waals surface area contributed by atoms with Gasteiger partial charge in [0.1, 0.15) is 0 Å². The lowest BCUT2D eigenvalue weighted by atomic mass is 9.84. The Morgan fingerprint density at radius 2 is 2.08 bits per heavy atom. The number of aromatic nitrogens is 2. The first kappa shape index (κ1) is 15.6. The van der Waals surface area contributed by atoms with Crippen LogP contribution in [0.2, 0.25) is 0 Å². The number of ether oxygens (including phenoxy) is 1. The van der Waals surface area contributed by atoms with E-state index in [0.29, 0.717) is 16.9 Å². The number of nitrogens with zero attached hydrogens (tertiary/aromatic N) is 4. The van der Waals surface area contributed by atoms with Gasteiger partial charge >= 0.3 is 12.1 Å². The topological polar surface area (TPSA) is 114 Å². The van der Waals surface area contributed by atoms with Gasteiger partial charge in [0.25, 0.3) is 0 Å². The van der Waals surface area contributed by atoms with E-state index in [4.69, 9.17) is 11.0 Å². The molecule has 0 saturated carbocycles. The van der Waals surface area contributed by atoms with E-state index < -0.39 is 12.1 Å². The maximum atomic E-state index is 12.2. The summed E-state index contributed by atoms with van der Waals surface area (Å²) in [5, 5.41) is 14.1. The predicted octanol–water partition coefficient (Wildman–Crippen LogP) is 1.41. The Morgan fingerprint density at radius 3 is 2.68 bits per heavy atom. The molecule has 1 aromatic carbocycles. The summed E-state index contributed by atoms with van der Waals surface area (Å²) in [6.45, 7) is 3.07. The molecule has 25 heavy (non-hydrogen) atoms. The van der Waals surface area contributed by atoms with E-state index in [1.54, 1.807) is 18.2 Å². The number of benzene rings is 1. The molecule has 1 aromatic heterocycles. The van der Waals surface area contributed by atoms with Crippen LogP contribution in [0.15, 0.2) is 18.2 Å². The van der Waals surface area contributed by atoms with Crippen molar-refractivity contribution < 1.29 is 14.3 Å². The molecule has 0 radical (unpaired) electrons. The van der Waals surface area contributed by atoms with Gasteiger partial charge in [-0.05, 0) is 50.0 Å². The minimum atomic E-state index is -1.17. The molecule has 2 bridgehead atoms. The lowest BCUT2D eigenvalue weighted by Crippen LogP contribution is -2.48. The minimum Gasteiger partial charge on any atom is -0.371 e. The Bertz CT molecular complexity index is 905. The summed E-state index contributed by atoms with van der Waals surface area (Å²) in [4.78, 5) is 25.6. The zero-order valence-electron chi connectivity index (χ0n) is 13.5. The van der Waals surface area contributed by atoms with Gasteiger partial charge in [0.05, 0.1) is 23.2 Å². The van der Waals surface area contributed by atoms with E-state index in [2.05, 4.69) is 20.8 Å². The number of piperidine rings is 3. The Kier molecular flexibility index (Phi) is 3.66. The summed E-state index contributed by atoms with van der Waals surface area (Å²) in [5.74, 6) is -0.392. The van der Waals surface area contributed by atoms with Crippen LogP contribution in [0.5, 0.6) is 0 Å². The molecular weight excluding hydrogens is 322 g/mol. The number of nitrogens with two attached hydrogens (primary N) is 1. The number of fused-ring (bicyclic) bond motifs is 4. The molecule has 4 heterocycles. The molecule has 8 heteroatoms. The highest BCUT2D eigenvalue weighted by Gasteiger charge is 2.37. The van der Waals surface area contributed by atoms with E-state index in [-0.39, 0.29) is 11.7 Å². The number of esters is 1. The number of nitriles is 1. The highest BCUT2D eigenvalue weighted by atomic mass is 16.6. The highest BCUT2D eigenvalue weighted by Crippen LogP contribution is 2.37. The zero-order valence-corrected chi connectivity index (χ0v) is 13.5. The van der Waals surface area contributed by atoms with Gasteiger partial charge in [-0.3, -0.25) is 4.68 Å². The molecular formula is C17H17N5O3. The average molecular weight is 339 g/mol. The van der Waals surface area contributed by atoms with Crippen molar-refractivity contribution in [3.63, 3.8) is 0 Å². The van der Waals surface area contributed by atoms with Crippen molar-refractivity contribution >= 4 is 23.0 Å². The Hall–Kier alpha value is -2.92. The molecule has 3 saturated heterocycles. The number of carbonyl (C=O) groups is 2. The molecule has 3 aliphatic heterocycles. The van der Waals surface area contributed by atoms with Crippen LogP contribution >= 0.6 is 0 Å². The second-order valence-corrected chi connectivity index (χ2v) is 6.55. The van der Waals surface area contributed by atoms with Crippen LogP contribution in [0.3, 0.4) is 0 Å². The molecule has 1 amide bonds. The van der Waals surface area contributed by atoms with Crippen molar-refractivity contribution in [1.82, 2.24) is 14.7 Å². The van der Waals surface area contributed by atoms with Gasteiger partial charge < -0.3 is 15.4 Å². The second-order valence-electron chi connectivity index (χ2n) is 6.55. The van der Waals surface area contributed by atoms with Gasteiger partial charge in [-0.2, -0.15) is 10.4 Å². The molecule has 128 valence electrons. The number of carbonyl (C=O) groups excluding carboxylic acids is 2. The van der Waals surface area contributed by atoms with E-state index >= 15 is 0 Å². The van der Waals surface area contributed by atoms with Crippen LogP contribution in [0.1, 0.15) is 34.9 Å². The number of hydrogen-bond donors (Lipinski definition) is 1. The highest BCUT2D eigenvalue weighted by molar-refractivity contribution is 6.05. The number of primary amides is 1. The third-order valence-corrected chi connectivity index (χ3v) is 5.16. The minimum absolute atomic E-state index is 0.0161. The molecule has 2 aromatic rings. The summed E-state index contributed by atoms with van der Waals surface area (Å²) in [6.07, 6.45) is 1.03. The predicted molar refractivity (Wildman–Crippen MR) is 87.6 cm³/mol. The molecule has 2 N–H and O–H groups in total. The van der Waals surface area contributed by atoms with Gasteiger partial charge in [0.15, 0.2) is 5.69 Å². The molecule has 8 nitrogen and oxygen atoms in total. The molecule has 3 fully saturated rings. The molecule has 3 aliphatic rings. The van der Waals surface area contributed by atoms with E-state index in [9.17, 15) is 9.59 Å². The third kappa shape index (κ3) is 2.62. The van der Waals surface area contributed by atoms with Gasteiger partial charge in [-0.25, -0.2) is 9.59 Å². The molecule has 5 rings (SSSR count). The SMILES string of the molecule is N#Cc1ccc2c(c1)c(C(=O)OC(N)=O)nn2[C@H]1CN2CCC1CC2. The summed E-state index contributed by atoms with van der Waals surface area (Å²) in [7, 11) is 0. The normalized spacial score (nSPS) is 24.8. The van der Waals surface area contributed by atoms with Gasteiger partial charge in [0.2, 0.25) is 0 Å². The lowest BCUT2D eigenvalue weighted by molar-refractivity contribution is 0.0518. The van der Waals surface area contributed by atoms with Crippen LogP contribution < -0.4 is 5.73 Å². The molecule has 1 atom stereocenters. The van der Waals surface area contributed by atoms with E-state index in [1.165, 1.54) is 0 Å². The first-order chi connectivity index (χ1) is 12.1. The van der Waals surface area contributed by atoms with Gasteiger partial charge in [-0.1, -0.05) is 0 Å². The van der Waals surface area contributed by atoms with Crippen LogP contribution in [0.25, 0.3) is 10.9 Å². The van der Waals surface area contributed by atoms with Gasteiger partial charge in [-0.15, -0.1) is 0 Å². The number of rotatable bonds is 2. The monoisotopic (exact) mass is 339 g/mol. The van der Waals surface area contributed by atoms with Crippen LogP contribution in [0.4, 0.5) is 4.79 Å². The fraction of sp³-hybridized carbons (Fsp3) is 0.412. The van der Waals surface area contributed by atoms with Crippen LogP contribution in [0, 0.1) is 17.2 Å². The van der Waals surface area contributed by atoms with Crippen molar-refractivity contribution in [2.24, 2.45) is 11.7 Å². The fourth-order valence-electron chi connectivity index (χ4n) is 3.96. The number of amides is 1. The summed E-state index contributed by atoms with van der Waals surface area (Å²) in [6, 6.07) is 7.30. The van der Waals surface area contributed by atoms with Crippen molar-refractivity contribution in [1.29, 1.82) is 5.26 Å². The van der Waals surface area contributed by atoms with Crippen molar-refractivity contribution in [2.75, 3.05) is 19.6 Å². The summed E-state index contributed by atoms with van der Waals surface area (Å²) >= 11 is 0. The van der Waals surface area contributed by atoms with Crippen molar-refractivity contribution in [3.8, 4) is 6.07 Å². The molecule has 0 spiro atoms. The maximum Gasteiger partial charge on any atom is 0.412 e. The zero-order chi connectivity index (χ0) is 17.6. The largest absolute Gasteiger partial charge is 0.412 e. The van der Waals surface area contributed by atoms with Crippen LogP contribution in [-0.4, -0.2) is 46.4 Å². The van der Waals surface area contributed by atoms with Gasteiger partial charge in [0, 0.05) is 11.9 Å². The van der Waals surface area contributed by atoms with E-state index in [1.807, 2.05) is 4.68 Å². The van der Waals surface area contributed by atoms with E-state index in [0.717, 1.165) is 38.0 Å². The second kappa shape index (κ2) is 5.86. The smallest absolute Gasteiger partial charge is 0.371 e. The fourth-order valence-corrected chi connectivity index (χ4v) is 3.96. The number of hydrogen-bond acceptors (Lipinski definition) is 6. The maximum absolute atomic E-state index is 12.2. The van der Waals surface area contributed by atoms with Crippen LogP contribution in [-0.2, 0) is 4.74 Å². The first-order valence-electron chi connectivity index (χ1n) is 8.23. The Morgan fingerprint density at radius 1 is 1.32 bits per heavy atom. The average Bonchev–Trinajstić information content (AvgIpc) is 3.00. The molecule has 0 aliphatic carbocycles. The quantitative estimate of drug-likeness (QED) is 0.653. The summed E-state index contributed by atoms with van der Waals surface area (Å²) < 4.78 is 6.36. The third-order valence-electron chi connectivity index (χ3n) is 5.16. The van der Waals surface area contributed by atoms with Crippen molar-refractivity contribution in [3.05, 3.63) is 29.5 Å². The van der Waals surface area contributed by atoms with Crippen molar-refractivity contribution in [2.45, 2.75) is 18.9 Å². The Balaban J connectivity index is 1.83. The standard InChI is InChI=1S/C17H17N5O3/c18-8-10-1-2-13-12(7-10)15(16(23)25-17(19)24)20-22(13)14-9-21-5-3-11(14)4-6-21/h1-2,7,11,14H,3-6,9H2,(H2,19,24)/t14-/m0/s1. The summed E-state index contributed by atoms with van der Waals surface area (Å²) in [5.41, 5.74) is 6.14. The molecule has 0 unspecified atom stereocenters. The first-order valence-corrected chi connectivity index (χ1v) is 8.23.